The van der Waals surface area contributed by atoms with Gasteiger partial charge in [-0.3, -0.25) is 0 Å². The molecule has 1 aliphatic rings. The molecule has 1 rings (SSSR count). The Kier molecular flexibility index (Phi) is 4.01. The molecule has 0 aromatic rings. The molecular weight excluding hydrogens is 118 g/mol. The molecule has 1 heterocycles. The zero-order valence-electron chi connectivity index (χ0n) is 7.10. The van der Waals surface area contributed by atoms with Gasteiger partial charge in [0.15, 0.2) is 0 Å². The van der Waals surface area contributed by atoms with Gasteiger partial charge in [0.25, 0.3) is 0 Å². The Hall–Kier alpha value is 0.130. The van der Waals surface area contributed by atoms with Crippen LogP contribution >= 0.6 is 0 Å². The summed E-state index contributed by atoms with van der Waals surface area (Å²) in [5, 5.41) is 0. The first-order valence-corrected chi connectivity index (χ1v) is 4.75. The Morgan fingerprint density at radius 2 is 2.30 bits per heavy atom. The largest absolute Gasteiger partial charge is 0.131 e. The van der Waals surface area contributed by atoms with Crippen molar-refractivity contribution in [2.24, 2.45) is 0 Å². The second-order valence-electron chi connectivity index (χ2n) is 3.46. The fourth-order valence-corrected chi connectivity index (χ4v) is 1.77. The topological polar surface area (TPSA) is 0 Å². The van der Waals surface area contributed by atoms with Crippen LogP contribution in [0.2, 0.25) is 25.2 Å². The molecular formula is C8H17B2. The summed E-state index contributed by atoms with van der Waals surface area (Å²) >= 11 is 0. The molecule has 1 aliphatic heterocycles. The lowest BCUT2D eigenvalue weighted by Crippen LogP contribution is -2.05. The van der Waals surface area contributed by atoms with E-state index in [1.807, 2.05) is 0 Å². The molecule has 0 unspecified atom stereocenters. The quantitative estimate of drug-likeness (QED) is 0.410. The molecule has 10 heavy (non-hydrogen) atoms. The van der Waals surface area contributed by atoms with Crippen LogP contribution < -0.4 is 0 Å². The molecule has 0 N–H and O–H groups in total. The van der Waals surface area contributed by atoms with Gasteiger partial charge in [-0.15, -0.1) is 6.22 Å². The first kappa shape index (κ1) is 8.23. The number of unbranched alkanes of at least 4 members (excludes halogenated alkanes) is 2. The van der Waals surface area contributed by atoms with Crippen LogP contribution in [0.15, 0.2) is 0 Å². The highest BCUT2D eigenvalue weighted by Crippen LogP contribution is 2.19. The summed E-state index contributed by atoms with van der Waals surface area (Å²) in [6.07, 6.45) is 10.0. The summed E-state index contributed by atoms with van der Waals surface area (Å²) in [7, 11) is 2.45. The third-order valence-electron chi connectivity index (χ3n) is 2.49. The third kappa shape index (κ3) is 2.81. The average molecular weight is 135 g/mol. The van der Waals surface area contributed by atoms with Gasteiger partial charge in [-0.1, -0.05) is 45.1 Å². The van der Waals surface area contributed by atoms with Crippen LogP contribution in [0.25, 0.3) is 0 Å². The van der Waals surface area contributed by atoms with Gasteiger partial charge in [0.1, 0.15) is 6.71 Å². The fourth-order valence-electron chi connectivity index (χ4n) is 1.77. The van der Waals surface area contributed by atoms with Crippen LogP contribution in [0.3, 0.4) is 0 Å². The van der Waals surface area contributed by atoms with Gasteiger partial charge in [0, 0.05) is 0 Å². The maximum Gasteiger partial charge on any atom is 0.131 e. The van der Waals surface area contributed by atoms with Crippen LogP contribution in [0.1, 0.15) is 26.2 Å². The molecule has 0 nitrogen and oxygen atoms in total. The van der Waals surface area contributed by atoms with Crippen molar-refractivity contribution in [3.63, 3.8) is 0 Å². The van der Waals surface area contributed by atoms with E-state index in [0.717, 1.165) is 6.71 Å². The molecule has 0 bridgehead atoms. The van der Waals surface area contributed by atoms with E-state index in [-0.39, 0.29) is 0 Å². The van der Waals surface area contributed by atoms with Crippen molar-refractivity contribution in [2.45, 2.75) is 51.4 Å². The highest BCUT2D eigenvalue weighted by Gasteiger charge is 2.18. The fraction of sp³-hybridized carbons (Fsp3) is 1.00. The SMILES string of the molecule is CCCCCB1C[B]CC1. The zero-order chi connectivity index (χ0) is 7.23. The summed E-state index contributed by atoms with van der Waals surface area (Å²) in [5.74, 6) is 0. The summed E-state index contributed by atoms with van der Waals surface area (Å²) in [6, 6.07) is 0. The van der Waals surface area contributed by atoms with E-state index in [0.29, 0.717) is 0 Å². The van der Waals surface area contributed by atoms with Gasteiger partial charge in [-0.25, -0.2) is 0 Å². The molecule has 0 aromatic heterocycles. The number of hydrogen-bond donors (Lipinski definition) is 0. The number of hydrogen-bond acceptors (Lipinski definition) is 0. The maximum absolute atomic E-state index is 2.45. The molecule has 0 aromatic carbocycles. The summed E-state index contributed by atoms with van der Waals surface area (Å²) < 4.78 is 0. The van der Waals surface area contributed by atoms with Crippen molar-refractivity contribution in [1.82, 2.24) is 0 Å². The van der Waals surface area contributed by atoms with Gasteiger partial charge in [0.05, 0.1) is 7.28 Å². The second kappa shape index (κ2) is 4.87. The van der Waals surface area contributed by atoms with Gasteiger partial charge in [0.2, 0.25) is 0 Å². The van der Waals surface area contributed by atoms with Gasteiger partial charge >= 0.3 is 0 Å². The van der Waals surface area contributed by atoms with Gasteiger partial charge < -0.3 is 0 Å². The maximum atomic E-state index is 2.45. The van der Waals surface area contributed by atoms with E-state index in [4.69, 9.17) is 0 Å². The molecule has 1 radical (unpaired) electrons. The van der Waals surface area contributed by atoms with Crippen molar-refractivity contribution < 1.29 is 0 Å². The Morgan fingerprint density at radius 3 is 2.90 bits per heavy atom. The minimum absolute atomic E-state index is 1.06. The molecule has 0 spiro atoms. The molecule has 55 valence electrons. The molecule has 0 atom stereocenters. The molecule has 0 aliphatic carbocycles. The van der Waals surface area contributed by atoms with E-state index in [1.165, 1.54) is 44.4 Å². The average Bonchev–Trinajstić information content (AvgIpc) is 2.41. The zero-order valence-corrected chi connectivity index (χ0v) is 7.10. The summed E-state index contributed by atoms with van der Waals surface area (Å²) in [6.45, 7) is 3.34. The predicted octanol–water partition coefficient (Wildman–Crippen LogP) is 2.77. The van der Waals surface area contributed by atoms with Crippen molar-refractivity contribution in [3.05, 3.63) is 0 Å². The van der Waals surface area contributed by atoms with E-state index >= 15 is 0 Å². The lowest BCUT2D eigenvalue weighted by molar-refractivity contribution is 0.765. The normalized spacial score (nSPS) is 17.5. The van der Waals surface area contributed by atoms with Crippen molar-refractivity contribution >= 4 is 14.0 Å². The van der Waals surface area contributed by atoms with Crippen LogP contribution in [0.4, 0.5) is 0 Å². The van der Waals surface area contributed by atoms with E-state index in [1.54, 1.807) is 0 Å². The monoisotopic (exact) mass is 135 g/mol. The summed E-state index contributed by atoms with van der Waals surface area (Å²) in [4.78, 5) is 0. The number of rotatable bonds is 4. The Bertz CT molecular complexity index is 77.3. The van der Waals surface area contributed by atoms with E-state index < -0.39 is 0 Å². The molecule has 2 heteroatoms. The van der Waals surface area contributed by atoms with Crippen molar-refractivity contribution in [1.29, 1.82) is 0 Å². The minimum atomic E-state index is 1.06. The van der Waals surface area contributed by atoms with E-state index in [2.05, 4.69) is 14.2 Å². The molecule has 0 amide bonds. The standard InChI is InChI=1S/C8H17B2/c1-2-3-4-6-10-7-5-9-8-10/h2-8H2,1H3. The molecule has 1 fully saturated rings. The smallest absolute Gasteiger partial charge is 0.101 e. The highest BCUT2D eigenvalue weighted by molar-refractivity contribution is 6.74. The lowest BCUT2D eigenvalue weighted by Gasteiger charge is -2.02. The van der Waals surface area contributed by atoms with Crippen LogP contribution in [0.5, 0.6) is 0 Å². The molecule has 1 saturated heterocycles. The third-order valence-corrected chi connectivity index (χ3v) is 2.49. The lowest BCUT2D eigenvalue weighted by atomic mass is 9.42. The first-order valence-electron chi connectivity index (χ1n) is 4.75. The first-order chi connectivity index (χ1) is 4.93. The van der Waals surface area contributed by atoms with Crippen LogP contribution in [-0.4, -0.2) is 14.0 Å². The Labute approximate surface area is 66.1 Å². The van der Waals surface area contributed by atoms with Crippen LogP contribution in [0, 0.1) is 0 Å². The Morgan fingerprint density at radius 1 is 1.40 bits per heavy atom. The van der Waals surface area contributed by atoms with Crippen molar-refractivity contribution in [2.75, 3.05) is 0 Å². The Balaban J connectivity index is 1.91. The van der Waals surface area contributed by atoms with E-state index in [9.17, 15) is 0 Å². The molecule has 0 saturated carbocycles. The van der Waals surface area contributed by atoms with Gasteiger partial charge in [-0.05, 0) is 0 Å². The van der Waals surface area contributed by atoms with Gasteiger partial charge in [-0.2, -0.15) is 0 Å². The minimum Gasteiger partial charge on any atom is -0.101 e. The van der Waals surface area contributed by atoms with Crippen molar-refractivity contribution in [3.8, 4) is 0 Å². The van der Waals surface area contributed by atoms with Crippen LogP contribution in [-0.2, 0) is 0 Å². The summed E-state index contributed by atoms with van der Waals surface area (Å²) in [5.41, 5.74) is 0. The highest BCUT2D eigenvalue weighted by atomic mass is 13.9. The second-order valence-corrected chi connectivity index (χ2v) is 3.46. The predicted molar refractivity (Wildman–Crippen MR) is 50.3 cm³/mol.